The normalized spacial score (nSPS) is 15.6. The number of hydrogen-bond acceptors (Lipinski definition) is 3. The van der Waals surface area contributed by atoms with Gasteiger partial charge in [-0.25, -0.2) is 4.99 Å². The molecule has 0 spiro atoms. The van der Waals surface area contributed by atoms with E-state index >= 15 is 0 Å². The van der Waals surface area contributed by atoms with E-state index in [4.69, 9.17) is 4.99 Å². The Morgan fingerprint density at radius 3 is 2.72 bits per heavy atom. The number of aryl methyl sites for hydroxylation is 1. The molecule has 0 aliphatic heterocycles. The molecule has 1 aromatic heterocycles. The predicted octanol–water partition coefficient (Wildman–Crippen LogP) is 3.19. The summed E-state index contributed by atoms with van der Waals surface area (Å²) in [6.07, 6.45) is 11.9. The first-order chi connectivity index (χ1) is 12.1. The largest absolute Gasteiger partial charge is 0.354 e. The SMILES string of the molecule is C=CCCCCCN(C)C(=NCc1nnc(C)n1C)NC1CCCC1. The summed E-state index contributed by atoms with van der Waals surface area (Å²) in [6, 6.07) is 0.559. The van der Waals surface area contributed by atoms with E-state index in [-0.39, 0.29) is 0 Å². The average Bonchev–Trinajstić information content (AvgIpc) is 3.22. The summed E-state index contributed by atoms with van der Waals surface area (Å²) in [4.78, 5) is 7.10. The number of guanidine groups is 1. The first-order valence-corrected chi connectivity index (χ1v) is 9.59. The standard InChI is InChI=1S/C19H34N6/c1-5-6-7-8-11-14-24(3)19(21-17-12-9-10-13-17)20-15-18-23-22-16(2)25(18)4/h5,17H,1,6-15H2,2-4H3,(H,20,21). The Labute approximate surface area is 152 Å². The van der Waals surface area contributed by atoms with Crippen molar-refractivity contribution in [2.75, 3.05) is 13.6 Å². The Bertz CT molecular complexity index is 556. The molecule has 0 saturated heterocycles. The van der Waals surface area contributed by atoms with Gasteiger partial charge in [0.05, 0.1) is 0 Å². The van der Waals surface area contributed by atoms with Crippen LogP contribution in [0, 0.1) is 6.92 Å². The molecule has 1 N–H and O–H groups in total. The Hall–Kier alpha value is -1.85. The number of unbranched alkanes of at least 4 members (excludes halogenated alkanes) is 3. The minimum absolute atomic E-state index is 0.559. The van der Waals surface area contributed by atoms with Crippen LogP contribution in [0.3, 0.4) is 0 Å². The average molecular weight is 347 g/mol. The highest BCUT2D eigenvalue weighted by molar-refractivity contribution is 5.80. The lowest BCUT2D eigenvalue weighted by Gasteiger charge is -2.25. The molecule has 1 saturated carbocycles. The number of aliphatic imine (C=N–C) groups is 1. The number of hydrogen-bond donors (Lipinski definition) is 1. The summed E-state index contributed by atoms with van der Waals surface area (Å²) < 4.78 is 2.01. The smallest absolute Gasteiger partial charge is 0.194 e. The topological polar surface area (TPSA) is 58.3 Å². The van der Waals surface area contributed by atoms with Gasteiger partial charge in [0.2, 0.25) is 0 Å². The second-order valence-corrected chi connectivity index (χ2v) is 7.05. The highest BCUT2D eigenvalue weighted by Gasteiger charge is 2.18. The maximum absolute atomic E-state index is 4.84. The predicted molar refractivity (Wildman–Crippen MR) is 104 cm³/mol. The van der Waals surface area contributed by atoms with Crippen LogP contribution in [0.15, 0.2) is 17.6 Å². The molecule has 0 radical (unpaired) electrons. The van der Waals surface area contributed by atoms with E-state index in [9.17, 15) is 0 Å². The highest BCUT2D eigenvalue weighted by atomic mass is 15.3. The van der Waals surface area contributed by atoms with E-state index in [1.165, 1.54) is 44.9 Å². The quantitative estimate of drug-likeness (QED) is 0.323. The van der Waals surface area contributed by atoms with Gasteiger partial charge in [-0.15, -0.1) is 16.8 Å². The monoisotopic (exact) mass is 346 g/mol. The summed E-state index contributed by atoms with van der Waals surface area (Å²) in [5.74, 6) is 2.82. The van der Waals surface area contributed by atoms with Crippen LogP contribution in [0.5, 0.6) is 0 Å². The maximum Gasteiger partial charge on any atom is 0.194 e. The molecule has 1 aliphatic carbocycles. The van der Waals surface area contributed by atoms with Gasteiger partial charge in [0.15, 0.2) is 11.8 Å². The molecule has 0 bridgehead atoms. The van der Waals surface area contributed by atoms with Crippen LogP contribution in [-0.2, 0) is 13.6 Å². The van der Waals surface area contributed by atoms with Crippen molar-refractivity contribution in [2.45, 2.75) is 70.9 Å². The Morgan fingerprint density at radius 2 is 2.08 bits per heavy atom. The van der Waals surface area contributed by atoms with Gasteiger partial charge in [-0.05, 0) is 39.0 Å². The third kappa shape index (κ3) is 6.18. The molecule has 0 amide bonds. The molecule has 1 fully saturated rings. The van der Waals surface area contributed by atoms with E-state index < -0.39 is 0 Å². The first kappa shape index (κ1) is 19.5. The zero-order valence-electron chi connectivity index (χ0n) is 16.2. The lowest BCUT2D eigenvalue weighted by atomic mass is 10.2. The van der Waals surface area contributed by atoms with Gasteiger partial charge in [0, 0.05) is 26.7 Å². The van der Waals surface area contributed by atoms with E-state index in [2.05, 4.69) is 34.0 Å². The van der Waals surface area contributed by atoms with E-state index in [1.54, 1.807) is 0 Å². The van der Waals surface area contributed by atoms with Crippen molar-refractivity contribution in [2.24, 2.45) is 12.0 Å². The molecule has 0 unspecified atom stereocenters. The summed E-state index contributed by atoms with van der Waals surface area (Å²) in [5.41, 5.74) is 0. The zero-order chi connectivity index (χ0) is 18.1. The van der Waals surface area contributed by atoms with E-state index in [1.807, 2.05) is 24.6 Å². The fourth-order valence-electron chi connectivity index (χ4n) is 3.18. The van der Waals surface area contributed by atoms with Crippen LogP contribution < -0.4 is 5.32 Å². The third-order valence-corrected chi connectivity index (χ3v) is 5.00. The highest BCUT2D eigenvalue weighted by Crippen LogP contribution is 2.18. The fraction of sp³-hybridized carbons (Fsp3) is 0.737. The molecule has 25 heavy (non-hydrogen) atoms. The maximum atomic E-state index is 4.84. The molecule has 6 heteroatoms. The molecule has 1 heterocycles. The molecular formula is C19H34N6. The number of allylic oxidation sites excluding steroid dienone is 1. The Morgan fingerprint density at radius 1 is 1.32 bits per heavy atom. The summed E-state index contributed by atoms with van der Waals surface area (Å²) >= 11 is 0. The molecule has 2 rings (SSSR count). The lowest BCUT2D eigenvalue weighted by molar-refractivity contribution is 0.440. The van der Waals surface area contributed by atoms with Crippen molar-refractivity contribution in [1.82, 2.24) is 25.0 Å². The third-order valence-electron chi connectivity index (χ3n) is 5.00. The summed E-state index contributed by atoms with van der Waals surface area (Å²) in [5, 5.41) is 12.0. The van der Waals surface area contributed by atoms with Gasteiger partial charge >= 0.3 is 0 Å². The number of nitrogens with zero attached hydrogens (tertiary/aromatic N) is 5. The van der Waals surface area contributed by atoms with Crippen molar-refractivity contribution in [3.8, 4) is 0 Å². The van der Waals surface area contributed by atoms with E-state index in [0.29, 0.717) is 12.6 Å². The van der Waals surface area contributed by atoms with Gasteiger partial charge in [0.25, 0.3) is 0 Å². The first-order valence-electron chi connectivity index (χ1n) is 9.59. The van der Waals surface area contributed by atoms with Crippen molar-refractivity contribution in [1.29, 1.82) is 0 Å². The molecule has 1 aliphatic rings. The van der Waals surface area contributed by atoms with Crippen LogP contribution in [-0.4, -0.2) is 45.3 Å². The summed E-state index contributed by atoms with van der Waals surface area (Å²) in [7, 11) is 4.13. The van der Waals surface area contributed by atoms with Crippen LogP contribution in [0.1, 0.15) is 63.0 Å². The Balaban J connectivity index is 1.94. The van der Waals surface area contributed by atoms with Gasteiger partial charge in [-0.3, -0.25) is 0 Å². The number of nitrogens with one attached hydrogen (secondary N) is 1. The van der Waals surface area contributed by atoms with Gasteiger partial charge < -0.3 is 14.8 Å². The van der Waals surface area contributed by atoms with Crippen LogP contribution in [0.25, 0.3) is 0 Å². The number of rotatable bonds is 9. The van der Waals surface area contributed by atoms with Crippen LogP contribution >= 0.6 is 0 Å². The van der Waals surface area contributed by atoms with Crippen LogP contribution in [0.4, 0.5) is 0 Å². The van der Waals surface area contributed by atoms with E-state index in [0.717, 1.165) is 30.6 Å². The molecule has 1 aromatic rings. The van der Waals surface area contributed by atoms with Gasteiger partial charge in [-0.1, -0.05) is 25.3 Å². The number of aromatic nitrogens is 3. The second-order valence-electron chi connectivity index (χ2n) is 7.05. The van der Waals surface area contributed by atoms with Crippen molar-refractivity contribution in [3.05, 3.63) is 24.3 Å². The van der Waals surface area contributed by atoms with Crippen molar-refractivity contribution in [3.63, 3.8) is 0 Å². The lowest BCUT2D eigenvalue weighted by Crippen LogP contribution is -2.44. The fourth-order valence-corrected chi connectivity index (χ4v) is 3.18. The molecule has 0 atom stereocenters. The minimum Gasteiger partial charge on any atom is -0.354 e. The minimum atomic E-state index is 0.559. The molecule has 0 aromatic carbocycles. The van der Waals surface area contributed by atoms with Gasteiger partial charge in [-0.2, -0.15) is 0 Å². The van der Waals surface area contributed by atoms with Crippen LogP contribution in [0.2, 0.25) is 0 Å². The van der Waals surface area contributed by atoms with Crippen molar-refractivity contribution < 1.29 is 0 Å². The zero-order valence-corrected chi connectivity index (χ0v) is 16.2. The molecular weight excluding hydrogens is 312 g/mol. The molecule has 6 nitrogen and oxygen atoms in total. The van der Waals surface area contributed by atoms with Crippen molar-refractivity contribution >= 4 is 5.96 Å². The molecule has 140 valence electrons. The Kier molecular flexibility index (Phi) is 7.95. The van der Waals surface area contributed by atoms with Gasteiger partial charge in [0.1, 0.15) is 12.4 Å². The summed E-state index contributed by atoms with van der Waals surface area (Å²) in [6.45, 7) is 7.34. The second kappa shape index (κ2) is 10.2.